The van der Waals surface area contributed by atoms with Crippen molar-refractivity contribution in [1.29, 1.82) is 0 Å². The van der Waals surface area contributed by atoms with E-state index in [1.165, 1.54) is 0 Å². The molecule has 1 aromatic heterocycles. The smallest absolute Gasteiger partial charge is 0.331 e. The van der Waals surface area contributed by atoms with Crippen LogP contribution in [0.2, 0.25) is 0 Å². The summed E-state index contributed by atoms with van der Waals surface area (Å²) in [5, 5.41) is 12.9. The van der Waals surface area contributed by atoms with Crippen LogP contribution in [0.25, 0.3) is 11.0 Å². The van der Waals surface area contributed by atoms with E-state index in [9.17, 15) is 14.7 Å². The molecule has 1 aliphatic heterocycles. The maximum atomic E-state index is 12.3. The van der Waals surface area contributed by atoms with E-state index in [4.69, 9.17) is 9.15 Å². The number of amides is 1. The lowest BCUT2D eigenvalue weighted by Crippen LogP contribution is -2.55. The van der Waals surface area contributed by atoms with E-state index >= 15 is 0 Å². The molecule has 1 unspecified atom stereocenters. The van der Waals surface area contributed by atoms with Gasteiger partial charge in [0.2, 0.25) is 5.91 Å². The third-order valence-corrected chi connectivity index (χ3v) is 4.50. The predicted molar refractivity (Wildman–Crippen MR) is 83.3 cm³/mol. The molecule has 1 saturated heterocycles. The molecule has 1 atom stereocenters. The first-order valence-corrected chi connectivity index (χ1v) is 7.51. The molecule has 2 aromatic rings. The zero-order valence-corrected chi connectivity index (χ0v) is 13.1. The molecule has 23 heavy (non-hydrogen) atoms. The number of carbonyl (C=O) groups excluding carboxylic acids is 1. The minimum atomic E-state index is -1.32. The Morgan fingerprint density at radius 2 is 2.13 bits per heavy atom. The molecule has 6 heteroatoms. The summed E-state index contributed by atoms with van der Waals surface area (Å²) in [6, 6.07) is 3.91. The first kappa shape index (κ1) is 15.6. The van der Waals surface area contributed by atoms with Gasteiger partial charge in [0, 0.05) is 24.0 Å². The minimum absolute atomic E-state index is 0.00148. The fraction of sp³-hybridized carbons (Fsp3) is 0.412. The predicted octanol–water partition coefficient (Wildman–Crippen LogP) is 1.95. The summed E-state index contributed by atoms with van der Waals surface area (Å²) in [6.45, 7) is 4.30. The first-order chi connectivity index (χ1) is 10.9. The van der Waals surface area contributed by atoms with Gasteiger partial charge in [-0.1, -0.05) is 12.1 Å². The molecule has 1 amide bonds. The van der Waals surface area contributed by atoms with E-state index in [0.717, 1.165) is 27.7 Å². The Morgan fingerprint density at radius 3 is 2.78 bits per heavy atom. The van der Waals surface area contributed by atoms with Crippen molar-refractivity contribution >= 4 is 22.8 Å². The molecule has 1 aromatic carbocycles. The lowest BCUT2D eigenvalue weighted by Gasteiger charge is -2.23. The van der Waals surface area contributed by atoms with Gasteiger partial charge in [0.15, 0.2) is 5.54 Å². The van der Waals surface area contributed by atoms with Crippen LogP contribution in [-0.4, -0.2) is 35.7 Å². The summed E-state index contributed by atoms with van der Waals surface area (Å²) in [4.78, 5) is 23.7. The molecule has 3 rings (SSSR count). The van der Waals surface area contributed by atoms with Gasteiger partial charge in [-0.3, -0.25) is 4.79 Å². The Hall–Kier alpha value is -2.34. The van der Waals surface area contributed by atoms with Crippen molar-refractivity contribution in [2.24, 2.45) is 0 Å². The van der Waals surface area contributed by atoms with Crippen LogP contribution >= 0.6 is 0 Å². The summed E-state index contributed by atoms with van der Waals surface area (Å²) in [6.07, 6.45) is 1.91. The van der Waals surface area contributed by atoms with Crippen molar-refractivity contribution in [3.63, 3.8) is 0 Å². The highest BCUT2D eigenvalue weighted by Crippen LogP contribution is 2.27. The highest BCUT2D eigenvalue weighted by molar-refractivity contribution is 5.92. The Balaban J connectivity index is 1.81. The number of carbonyl (C=O) groups is 2. The number of carboxylic acids is 1. The molecular formula is C17H19NO5. The molecule has 122 valence electrons. The summed E-state index contributed by atoms with van der Waals surface area (Å²) >= 11 is 0. The quantitative estimate of drug-likeness (QED) is 0.900. The Kier molecular flexibility index (Phi) is 3.85. The van der Waals surface area contributed by atoms with Gasteiger partial charge >= 0.3 is 5.97 Å². The van der Waals surface area contributed by atoms with Crippen molar-refractivity contribution in [3.8, 4) is 0 Å². The van der Waals surface area contributed by atoms with Gasteiger partial charge in [0.05, 0.1) is 19.3 Å². The van der Waals surface area contributed by atoms with Crippen LogP contribution in [0.1, 0.15) is 23.1 Å². The topological polar surface area (TPSA) is 88.8 Å². The Labute approximate surface area is 133 Å². The molecule has 0 bridgehead atoms. The van der Waals surface area contributed by atoms with E-state index in [1.807, 2.05) is 26.0 Å². The second kappa shape index (κ2) is 5.70. The number of fused-ring (bicyclic) bond motifs is 1. The number of furan rings is 1. The minimum Gasteiger partial charge on any atom is -0.479 e. The lowest BCUT2D eigenvalue weighted by molar-refractivity contribution is -0.147. The van der Waals surface area contributed by atoms with E-state index in [-0.39, 0.29) is 25.4 Å². The summed E-state index contributed by atoms with van der Waals surface area (Å²) in [5.41, 5.74) is 2.37. The number of hydrogen-bond acceptors (Lipinski definition) is 4. The van der Waals surface area contributed by atoms with Crippen molar-refractivity contribution < 1.29 is 23.8 Å². The summed E-state index contributed by atoms with van der Waals surface area (Å²) < 4.78 is 10.7. The molecule has 2 N–H and O–H groups in total. The number of carboxylic acid groups (broad SMARTS) is 1. The molecular weight excluding hydrogens is 298 g/mol. The molecule has 0 radical (unpaired) electrons. The number of ether oxygens (including phenoxy) is 1. The third-order valence-electron chi connectivity index (χ3n) is 4.50. The maximum Gasteiger partial charge on any atom is 0.331 e. The SMILES string of the molecule is Cc1ccc2c(CC(=O)NC3(C(=O)O)CCOC3)coc2c1C. The van der Waals surface area contributed by atoms with Crippen molar-refractivity contribution in [2.75, 3.05) is 13.2 Å². The van der Waals surface area contributed by atoms with Crippen LogP contribution < -0.4 is 5.32 Å². The third kappa shape index (κ3) is 2.70. The molecule has 1 fully saturated rings. The van der Waals surface area contributed by atoms with Crippen LogP contribution in [0.15, 0.2) is 22.8 Å². The highest BCUT2D eigenvalue weighted by atomic mass is 16.5. The lowest BCUT2D eigenvalue weighted by atomic mass is 9.98. The van der Waals surface area contributed by atoms with Crippen molar-refractivity contribution in [3.05, 3.63) is 35.1 Å². The number of aryl methyl sites for hydroxylation is 2. The van der Waals surface area contributed by atoms with Gasteiger partial charge in [-0.05, 0) is 25.0 Å². The number of rotatable bonds is 4. The zero-order valence-electron chi connectivity index (χ0n) is 13.1. The van der Waals surface area contributed by atoms with Crippen LogP contribution in [0, 0.1) is 13.8 Å². The standard InChI is InChI=1S/C17H19NO5/c1-10-3-4-13-12(8-23-15(13)11(10)2)7-14(19)18-17(16(20)21)5-6-22-9-17/h3-4,8H,5-7,9H2,1-2H3,(H,18,19)(H,20,21). The number of nitrogens with one attached hydrogen (secondary N) is 1. The largest absolute Gasteiger partial charge is 0.479 e. The number of aliphatic carboxylic acids is 1. The van der Waals surface area contributed by atoms with Crippen LogP contribution in [0.4, 0.5) is 0 Å². The molecule has 0 spiro atoms. The van der Waals surface area contributed by atoms with Crippen LogP contribution in [-0.2, 0) is 20.7 Å². The van der Waals surface area contributed by atoms with E-state index in [2.05, 4.69) is 5.32 Å². The molecule has 0 aliphatic carbocycles. The average molecular weight is 317 g/mol. The second-order valence-electron chi connectivity index (χ2n) is 6.06. The van der Waals surface area contributed by atoms with E-state index in [0.29, 0.717) is 6.61 Å². The zero-order chi connectivity index (χ0) is 16.6. The normalized spacial score (nSPS) is 20.8. The fourth-order valence-corrected chi connectivity index (χ4v) is 2.90. The molecule has 2 heterocycles. The Morgan fingerprint density at radius 1 is 1.35 bits per heavy atom. The van der Waals surface area contributed by atoms with E-state index in [1.54, 1.807) is 6.26 Å². The van der Waals surface area contributed by atoms with E-state index < -0.39 is 11.5 Å². The van der Waals surface area contributed by atoms with Gasteiger partial charge in [-0.15, -0.1) is 0 Å². The Bertz CT molecular complexity index is 771. The number of benzene rings is 1. The molecule has 6 nitrogen and oxygen atoms in total. The summed E-state index contributed by atoms with van der Waals surface area (Å²) in [7, 11) is 0. The van der Waals surface area contributed by atoms with Crippen molar-refractivity contribution in [2.45, 2.75) is 32.2 Å². The molecule has 1 aliphatic rings. The average Bonchev–Trinajstić information content (AvgIpc) is 3.11. The van der Waals surface area contributed by atoms with Gasteiger partial charge in [-0.2, -0.15) is 0 Å². The fourth-order valence-electron chi connectivity index (χ4n) is 2.90. The van der Waals surface area contributed by atoms with Gasteiger partial charge in [-0.25, -0.2) is 4.79 Å². The van der Waals surface area contributed by atoms with Crippen LogP contribution in [0.3, 0.4) is 0 Å². The summed E-state index contributed by atoms with van der Waals surface area (Å²) in [5.74, 6) is -1.41. The first-order valence-electron chi connectivity index (χ1n) is 7.51. The maximum absolute atomic E-state index is 12.3. The van der Waals surface area contributed by atoms with Crippen molar-refractivity contribution in [1.82, 2.24) is 5.32 Å². The van der Waals surface area contributed by atoms with Gasteiger partial charge in [0.1, 0.15) is 5.58 Å². The number of hydrogen-bond donors (Lipinski definition) is 2. The van der Waals surface area contributed by atoms with Gasteiger partial charge < -0.3 is 19.6 Å². The van der Waals surface area contributed by atoms with Crippen LogP contribution in [0.5, 0.6) is 0 Å². The second-order valence-corrected chi connectivity index (χ2v) is 6.06. The molecule has 0 saturated carbocycles. The monoisotopic (exact) mass is 317 g/mol. The highest BCUT2D eigenvalue weighted by Gasteiger charge is 2.43. The van der Waals surface area contributed by atoms with Gasteiger partial charge in [0.25, 0.3) is 0 Å².